The van der Waals surface area contributed by atoms with Gasteiger partial charge in [0.1, 0.15) is 6.04 Å². The zero-order chi connectivity index (χ0) is 27.5. The Morgan fingerprint density at radius 3 is 2.58 bits per heavy atom. The number of fused-ring (bicyclic) bond motifs is 2. The molecule has 208 valence electrons. The Balaban J connectivity index is 1.20. The second kappa shape index (κ2) is 11.8. The number of aromatic nitrogens is 1. The van der Waals surface area contributed by atoms with Gasteiger partial charge in [0.05, 0.1) is 0 Å². The number of H-pyrrole nitrogens is 1. The molecule has 1 fully saturated rings. The summed E-state index contributed by atoms with van der Waals surface area (Å²) in [5, 5.41) is 12.0. The second-order valence-electron chi connectivity index (χ2n) is 11.7. The first-order chi connectivity index (χ1) is 19.6. The number of aromatic amines is 1. The van der Waals surface area contributed by atoms with Crippen LogP contribution in [0.5, 0.6) is 0 Å². The Kier molecular flexibility index (Phi) is 7.87. The number of anilines is 1. The Labute approximate surface area is 236 Å². The number of nitrogens with one attached hydrogen (secondary N) is 4. The van der Waals surface area contributed by atoms with Crippen LogP contribution >= 0.6 is 0 Å². The standard InChI is InChI=1S/C34H40N4O2/c1-22(30-21-36-31-10-6-5-9-29(30)31)32(34(40)37-28-16-15-25-17-18-35-20-27(25)19-28)38-33(39)26-13-11-24(12-14-26)23-7-3-2-4-8-23/h2-4,7-10,15-16,19,21-22,24,26,32,35-36H,5-6,11-14,17-18,20H2,1H3,(H,37,40)(H,38,39)/t22-,24?,26?,32+/m0/s1. The van der Waals surface area contributed by atoms with Crippen LogP contribution in [0.2, 0.25) is 0 Å². The summed E-state index contributed by atoms with van der Waals surface area (Å²) in [4.78, 5) is 30.9. The van der Waals surface area contributed by atoms with Crippen LogP contribution in [0.1, 0.15) is 79.5 Å². The fourth-order valence-electron chi connectivity index (χ4n) is 6.76. The van der Waals surface area contributed by atoms with Crippen LogP contribution in [0.4, 0.5) is 5.69 Å². The minimum atomic E-state index is -0.677. The van der Waals surface area contributed by atoms with Crippen molar-refractivity contribution in [3.05, 3.63) is 87.5 Å². The Morgan fingerprint density at radius 1 is 0.950 bits per heavy atom. The van der Waals surface area contributed by atoms with E-state index in [0.29, 0.717) is 5.92 Å². The molecule has 1 aromatic heterocycles. The molecule has 2 amide bonds. The first-order valence-corrected chi connectivity index (χ1v) is 14.9. The highest BCUT2D eigenvalue weighted by Gasteiger charge is 2.33. The molecule has 2 atom stereocenters. The van der Waals surface area contributed by atoms with Crippen molar-refractivity contribution in [3.8, 4) is 0 Å². The van der Waals surface area contributed by atoms with E-state index < -0.39 is 6.04 Å². The van der Waals surface area contributed by atoms with Crippen LogP contribution in [0.15, 0.2) is 54.7 Å². The van der Waals surface area contributed by atoms with Crippen LogP contribution in [0.3, 0.4) is 0 Å². The highest BCUT2D eigenvalue weighted by molar-refractivity contribution is 5.98. The third-order valence-electron chi connectivity index (χ3n) is 9.15. The second-order valence-corrected chi connectivity index (χ2v) is 11.7. The summed E-state index contributed by atoms with van der Waals surface area (Å²) in [7, 11) is 0. The highest BCUT2D eigenvalue weighted by atomic mass is 16.2. The van der Waals surface area contributed by atoms with E-state index in [9.17, 15) is 9.59 Å². The summed E-state index contributed by atoms with van der Waals surface area (Å²) in [5.74, 6) is 0.0641. The van der Waals surface area contributed by atoms with Gasteiger partial charge in [-0.25, -0.2) is 0 Å². The van der Waals surface area contributed by atoms with Crippen molar-refractivity contribution in [2.45, 2.75) is 76.3 Å². The number of amides is 2. The summed E-state index contributed by atoms with van der Waals surface area (Å²) >= 11 is 0. The smallest absolute Gasteiger partial charge is 0.247 e. The lowest BCUT2D eigenvalue weighted by Gasteiger charge is -2.31. The predicted octanol–water partition coefficient (Wildman–Crippen LogP) is 4.22. The molecule has 2 aliphatic carbocycles. The van der Waals surface area contributed by atoms with Crippen molar-refractivity contribution in [1.29, 1.82) is 0 Å². The van der Waals surface area contributed by atoms with Crippen molar-refractivity contribution < 1.29 is 9.59 Å². The lowest BCUT2D eigenvalue weighted by Crippen LogP contribution is -2.50. The van der Waals surface area contributed by atoms with Crippen LogP contribution in [-0.4, -0.2) is 29.4 Å². The molecule has 2 aromatic carbocycles. The molecule has 3 aliphatic rings. The Morgan fingerprint density at radius 2 is 1.75 bits per heavy atom. The van der Waals surface area contributed by atoms with Gasteiger partial charge in [-0.1, -0.05) is 55.5 Å². The lowest BCUT2D eigenvalue weighted by atomic mass is 9.78. The zero-order valence-corrected chi connectivity index (χ0v) is 23.3. The van der Waals surface area contributed by atoms with Crippen molar-refractivity contribution in [1.82, 2.24) is 15.6 Å². The maximum atomic E-state index is 13.9. The number of benzene rings is 2. The largest absolute Gasteiger partial charge is 0.361 e. The molecule has 6 rings (SSSR count). The van der Waals surface area contributed by atoms with E-state index in [1.807, 2.05) is 18.3 Å². The zero-order valence-electron chi connectivity index (χ0n) is 23.3. The summed E-state index contributed by atoms with van der Waals surface area (Å²) in [5.41, 5.74) is 5.76. The molecule has 4 N–H and O–H groups in total. The van der Waals surface area contributed by atoms with Crippen molar-refractivity contribution in [3.63, 3.8) is 0 Å². The van der Waals surface area contributed by atoms with Crippen molar-refractivity contribution in [2.24, 2.45) is 5.92 Å². The van der Waals surface area contributed by atoms with Crippen molar-refractivity contribution >= 4 is 29.7 Å². The van der Waals surface area contributed by atoms with Gasteiger partial charge in [-0.2, -0.15) is 0 Å². The SMILES string of the molecule is C[C@@H](c1c[nH]c2c1=CCCC=2)[C@@H](NC(=O)C1CCC(c2ccccc2)CC1)C(=O)Nc1ccc2c(c1)CNCC2. The lowest BCUT2D eigenvalue weighted by molar-refractivity contribution is -0.130. The number of carbonyl (C=O) groups is 2. The van der Waals surface area contributed by atoms with Gasteiger partial charge in [-0.3, -0.25) is 9.59 Å². The minimum absolute atomic E-state index is 0.00639. The maximum Gasteiger partial charge on any atom is 0.247 e. The maximum absolute atomic E-state index is 13.9. The van der Waals surface area contributed by atoms with E-state index in [4.69, 9.17) is 0 Å². The average molecular weight is 537 g/mol. The molecule has 0 saturated heterocycles. The van der Waals surface area contributed by atoms with Crippen LogP contribution in [0, 0.1) is 5.92 Å². The van der Waals surface area contributed by atoms with E-state index in [-0.39, 0.29) is 23.7 Å². The molecule has 40 heavy (non-hydrogen) atoms. The summed E-state index contributed by atoms with van der Waals surface area (Å²) < 4.78 is 0. The number of rotatable bonds is 7. The topological polar surface area (TPSA) is 86.0 Å². The number of hydrogen-bond donors (Lipinski definition) is 4. The quantitative estimate of drug-likeness (QED) is 0.365. The summed E-state index contributed by atoms with van der Waals surface area (Å²) in [6, 6.07) is 16.1. The van der Waals surface area contributed by atoms with Crippen LogP contribution in [0.25, 0.3) is 12.2 Å². The van der Waals surface area contributed by atoms with Gasteiger partial charge in [0.25, 0.3) is 0 Å². The van der Waals surface area contributed by atoms with Crippen molar-refractivity contribution in [2.75, 3.05) is 11.9 Å². The molecule has 6 nitrogen and oxygen atoms in total. The molecule has 0 radical (unpaired) electrons. The summed E-state index contributed by atoms with van der Waals surface area (Å²) in [6.07, 6.45) is 13.1. The first kappa shape index (κ1) is 26.6. The molecule has 6 heteroatoms. The van der Waals surface area contributed by atoms with E-state index in [1.165, 1.54) is 16.7 Å². The van der Waals surface area contributed by atoms with Gasteiger partial charge in [0.15, 0.2) is 0 Å². The predicted molar refractivity (Wildman–Crippen MR) is 160 cm³/mol. The van der Waals surface area contributed by atoms with E-state index >= 15 is 0 Å². The minimum Gasteiger partial charge on any atom is -0.361 e. The van der Waals surface area contributed by atoms with Crippen LogP contribution < -0.4 is 26.5 Å². The molecule has 0 spiro atoms. The van der Waals surface area contributed by atoms with Crippen LogP contribution in [-0.2, 0) is 22.6 Å². The monoisotopic (exact) mass is 536 g/mol. The first-order valence-electron chi connectivity index (χ1n) is 14.9. The Bertz CT molecular complexity index is 1480. The fourth-order valence-corrected chi connectivity index (χ4v) is 6.76. The molecule has 2 heterocycles. The third-order valence-corrected chi connectivity index (χ3v) is 9.15. The number of hydrogen-bond acceptors (Lipinski definition) is 3. The highest BCUT2D eigenvalue weighted by Crippen LogP contribution is 2.36. The van der Waals surface area contributed by atoms with E-state index in [1.54, 1.807) is 0 Å². The molecular weight excluding hydrogens is 496 g/mol. The molecule has 0 bridgehead atoms. The summed E-state index contributed by atoms with van der Waals surface area (Å²) in [6.45, 7) is 3.84. The van der Waals surface area contributed by atoms with E-state index in [2.05, 4.69) is 76.4 Å². The molecule has 0 unspecified atom stereocenters. The molecule has 3 aromatic rings. The van der Waals surface area contributed by atoms with Gasteiger partial charge < -0.3 is 20.9 Å². The van der Waals surface area contributed by atoms with Gasteiger partial charge >= 0.3 is 0 Å². The van der Waals surface area contributed by atoms with Gasteiger partial charge in [0, 0.05) is 35.6 Å². The van der Waals surface area contributed by atoms with Gasteiger partial charge in [0.2, 0.25) is 11.8 Å². The Hall–Kier alpha value is -3.64. The normalized spacial score (nSPS) is 21.5. The molecule has 1 saturated carbocycles. The molecule has 1 aliphatic heterocycles. The number of carbonyl (C=O) groups excluding carboxylic acids is 2. The third kappa shape index (κ3) is 5.64. The van der Waals surface area contributed by atoms with Gasteiger partial charge in [-0.15, -0.1) is 0 Å². The molecular formula is C34H40N4O2. The van der Waals surface area contributed by atoms with Gasteiger partial charge in [-0.05, 0) is 97.0 Å². The fraction of sp³-hybridized carbons (Fsp3) is 0.412. The van der Waals surface area contributed by atoms with E-state index in [0.717, 1.165) is 79.9 Å². The average Bonchev–Trinajstić information content (AvgIpc) is 3.44.